The molecule has 0 amide bonds. The van der Waals surface area contributed by atoms with E-state index in [0.717, 1.165) is 0 Å². The molecule has 17 N–H and O–H groups in total. The van der Waals surface area contributed by atoms with Gasteiger partial charge in [-0.15, -0.1) is 10.1 Å². The summed E-state index contributed by atoms with van der Waals surface area (Å²) in [4.78, 5) is 8.36. The van der Waals surface area contributed by atoms with Crippen LogP contribution in [0.5, 0.6) is 0 Å². The maximum atomic E-state index is 8.36. The van der Waals surface area contributed by atoms with Gasteiger partial charge in [0.05, 0.1) is 0 Å². The van der Waals surface area contributed by atoms with Gasteiger partial charge in [0.2, 0.25) is 0 Å². The molecule has 0 heterocycles. The first-order chi connectivity index (χ1) is 1.73. The Labute approximate surface area is 105 Å². The van der Waals surface area contributed by atoms with Crippen LogP contribution < -0.4 is 0 Å². The number of nitrogens with zero attached hydrogens (tertiary/aromatic N) is 1. The van der Waals surface area contributed by atoms with Crippen molar-refractivity contribution >= 4 is 37.7 Å². The molecule has 0 rings (SSSR count). The van der Waals surface area contributed by atoms with E-state index in [4.69, 9.17) is 15.3 Å². The van der Waals surface area contributed by atoms with Gasteiger partial charge in [-0.2, -0.15) is 0 Å². The molecule has 0 aromatic rings. The second kappa shape index (κ2) is 153. The van der Waals surface area contributed by atoms with Gasteiger partial charge in [-0.1, -0.05) is 0 Å². The predicted octanol–water partition coefficient (Wildman–Crippen LogP) is -7.10. The van der Waals surface area contributed by atoms with Crippen molar-refractivity contribution < 1.29 is 57.0 Å². The van der Waals surface area contributed by atoms with E-state index in [-0.39, 0.29) is 84.4 Å². The first-order valence-corrected chi connectivity index (χ1v) is 0.565. The second-order valence-corrected chi connectivity index (χ2v) is 0.238. The zero-order valence-corrected chi connectivity index (χ0v) is 8.63. The fourth-order valence-electron chi connectivity index (χ4n) is 0. The van der Waals surface area contributed by atoms with E-state index < -0.39 is 5.09 Å². The van der Waals surface area contributed by atoms with Crippen molar-refractivity contribution in [3.05, 3.63) is 10.1 Å². The Morgan fingerprint density at radius 3 is 0.846 bits per heavy atom. The van der Waals surface area contributed by atoms with E-state index in [2.05, 4.69) is 0 Å². The third-order valence-electron chi connectivity index (χ3n) is 0. The second-order valence-electron chi connectivity index (χ2n) is 0.238. The quantitative estimate of drug-likeness (QED) is 0.248. The van der Waals surface area contributed by atoms with E-state index in [9.17, 15) is 0 Å². The van der Waals surface area contributed by atoms with E-state index in [0.29, 0.717) is 0 Å². The standard InChI is InChI=1S/Ca.HNO3.8H2O.2H/c;2-1(3)4;;;;;;;;;;/h;(H,2,3,4);8*1H2;;/q+2;;;;;;;;;;2*-1. The zero-order chi connectivity index (χ0) is 3.58. The topological polar surface area (TPSA) is 315 Å². The molecule has 0 aliphatic carbocycles. The molecule has 0 fully saturated rings. The van der Waals surface area contributed by atoms with Crippen LogP contribution >= 0.6 is 0 Å². The molecule has 0 aliphatic heterocycles. The average molecular weight is 249 g/mol. The van der Waals surface area contributed by atoms with E-state index >= 15 is 0 Å². The van der Waals surface area contributed by atoms with Crippen molar-refractivity contribution in [1.82, 2.24) is 0 Å². The molecule has 0 unspecified atom stereocenters. The molecule has 12 nitrogen and oxygen atoms in total. The summed E-state index contributed by atoms with van der Waals surface area (Å²) < 4.78 is 0. The predicted molar refractivity (Wildman–Crippen MR) is 45.7 cm³/mol. The van der Waals surface area contributed by atoms with Crippen LogP contribution in [-0.2, 0) is 0 Å². The van der Waals surface area contributed by atoms with Crippen molar-refractivity contribution in [1.29, 1.82) is 0 Å². The van der Waals surface area contributed by atoms with Crippen LogP contribution in [0, 0.1) is 10.1 Å². The molecule has 13 heteroatoms. The first-order valence-electron chi connectivity index (χ1n) is 0.565. The molecule has 0 bridgehead atoms. The molecule has 0 aromatic carbocycles. The maximum absolute atomic E-state index is 8.36. The molecular formula is H19CaNO11. The van der Waals surface area contributed by atoms with Gasteiger partial charge in [-0.25, -0.2) is 0 Å². The summed E-state index contributed by atoms with van der Waals surface area (Å²) in [5.41, 5.74) is 0. The van der Waals surface area contributed by atoms with Crippen LogP contribution in [0.4, 0.5) is 0 Å². The molecule has 0 radical (unpaired) electrons. The summed E-state index contributed by atoms with van der Waals surface area (Å²) in [6.07, 6.45) is 0. The number of hydrogen-bond acceptors (Lipinski definition) is 2. The summed E-state index contributed by atoms with van der Waals surface area (Å²) in [5, 5.41) is 13.6. The molecule has 0 atom stereocenters. The Morgan fingerprint density at radius 2 is 0.846 bits per heavy atom. The van der Waals surface area contributed by atoms with E-state index in [1.807, 2.05) is 0 Å². The van der Waals surface area contributed by atoms with Gasteiger partial charge in [-0.3, -0.25) is 0 Å². The minimum Gasteiger partial charge on any atom is -1.00 e. The Morgan fingerprint density at radius 1 is 0.846 bits per heavy atom. The van der Waals surface area contributed by atoms with Gasteiger partial charge >= 0.3 is 37.7 Å². The van der Waals surface area contributed by atoms with E-state index in [1.54, 1.807) is 0 Å². The van der Waals surface area contributed by atoms with Gasteiger partial charge in [0.1, 0.15) is 0 Å². The Balaban J connectivity index is -0.000000000818. The van der Waals surface area contributed by atoms with Crippen molar-refractivity contribution in [2.45, 2.75) is 0 Å². The van der Waals surface area contributed by atoms with Crippen LogP contribution in [0.2, 0.25) is 0 Å². The molecule has 0 saturated heterocycles. The van der Waals surface area contributed by atoms with Crippen LogP contribution in [-0.4, -0.2) is 91.8 Å². The van der Waals surface area contributed by atoms with Crippen LogP contribution in [0.3, 0.4) is 0 Å². The molecule has 0 aliphatic rings. The first kappa shape index (κ1) is 196. The summed E-state index contributed by atoms with van der Waals surface area (Å²) in [6, 6.07) is 0. The summed E-state index contributed by atoms with van der Waals surface area (Å²) >= 11 is 0. The maximum Gasteiger partial charge on any atom is 2.00 e. The largest absolute Gasteiger partial charge is 2.00 e. The molecule has 0 spiro atoms. The van der Waals surface area contributed by atoms with Gasteiger partial charge in [0, 0.05) is 0 Å². The molecular weight excluding hydrogens is 230 g/mol. The fourth-order valence-corrected chi connectivity index (χ4v) is 0. The van der Waals surface area contributed by atoms with Crippen molar-refractivity contribution in [3.8, 4) is 0 Å². The Kier molecular flexibility index (Phi) is 2310. The van der Waals surface area contributed by atoms with Crippen molar-refractivity contribution in [2.24, 2.45) is 0 Å². The fraction of sp³-hybridized carbons (Fsp3) is 0. The van der Waals surface area contributed by atoms with Crippen molar-refractivity contribution in [3.63, 3.8) is 0 Å². The smallest absolute Gasteiger partial charge is 1.00 e. The number of rotatable bonds is 0. The Bertz CT molecular complexity index is 41.6. The van der Waals surface area contributed by atoms with Crippen LogP contribution in [0.1, 0.15) is 2.85 Å². The van der Waals surface area contributed by atoms with Gasteiger partial charge in [0.25, 0.3) is 5.09 Å². The van der Waals surface area contributed by atoms with Crippen LogP contribution in [0.15, 0.2) is 0 Å². The normalized spacial score (nSPS) is 1.85. The van der Waals surface area contributed by atoms with E-state index in [1.165, 1.54) is 0 Å². The number of hydrogen-bond donors (Lipinski definition) is 1. The average Bonchev–Trinajstić information content (AvgIpc) is 0.811. The third-order valence-corrected chi connectivity index (χ3v) is 0. The minimum atomic E-state index is -1.50. The SMILES string of the molecule is O.O.O.O.O.O.O.O.O=[N+]([O-])O.[Ca+2].[H-].[H-]. The Hall–Kier alpha value is 0.140. The molecule has 13 heavy (non-hydrogen) atoms. The monoisotopic (exact) mass is 249 g/mol. The van der Waals surface area contributed by atoms with Crippen LogP contribution in [0.25, 0.3) is 0 Å². The third kappa shape index (κ3) is 63900. The molecule has 0 saturated carbocycles. The zero-order valence-electron chi connectivity index (χ0n) is 8.42. The summed E-state index contributed by atoms with van der Waals surface area (Å²) in [5.74, 6) is 0. The molecule has 0 aromatic heterocycles. The van der Waals surface area contributed by atoms with Gasteiger partial charge in [-0.05, 0) is 0 Å². The minimum absolute atomic E-state index is 0. The summed E-state index contributed by atoms with van der Waals surface area (Å²) in [7, 11) is 0. The van der Waals surface area contributed by atoms with Crippen molar-refractivity contribution in [2.75, 3.05) is 0 Å². The molecule has 92 valence electrons. The van der Waals surface area contributed by atoms with Gasteiger partial charge < -0.3 is 51.9 Å². The summed E-state index contributed by atoms with van der Waals surface area (Å²) in [6.45, 7) is 0. The van der Waals surface area contributed by atoms with Gasteiger partial charge in [0.15, 0.2) is 0 Å².